The van der Waals surface area contributed by atoms with Crippen molar-refractivity contribution < 1.29 is 23.9 Å². The van der Waals surface area contributed by atoms with Gasteiger partial charge in [-0.2, -0.15) is 0 Å². The summed E-state index contributed by atoms with van der Waals surface area (Å²) in [6, 6.07) is 28.8. The number of carbonyl (C=O) groups is 2. The van der Waals surface area contributed by atoms with Crippen LogP contribution in [0.2, 0.25) is 0 Å². The maximum absolute atomic E-state index is 13.3. The Labute approximate surface area is 192 Å². The molecule has 3 aromatic rings. The van der Waals surface area contributed by atoms with Gasteiger partial charge < -0.3 is 9.47 Å². The first-order chi connectivity index (χ1) is 16.1. The molecule has 0 aromatic heterocycles. The number of para-hydroxylation sites is 1. The zero-order valence-corrected chi connectivity index (χ0v) is 18.5. The normalized spacial score (nSPS) is 25.0. The van der Waals surface area contributed by atoms with Gasteiger partial charge in [0.25, 0.3) is 0 Å². The molecule has 168 valence electrons. The number of anilines is 1. The molecule has 1 saturated carbocycles. The van der Waals surface area contributed by atoms with Gasteiger partial charge in [-0.1, -0.05) is 78.9 Å². The lowest BCUT2D eigenvalue weighted by Crippen LogP contribution is -2.38. The molecule has 0 radical (unpaired) electrons. The van der Waals surface area contributed by atoms with Crippen LogP contribution in [0.5, 0.6) is 0 Å². The number of rotatable bonds is 5. The number of esters is 2. The summed E-state index contributed by atoms with van der Waals surface area (Å²) in [4.78, 5) is 33.2. The van der Waals surface area contributed by atoms with E-state index >= 15 is 0 Å². The third-order valence-electron chi connectivity index (χ3n) is 6.93. The van der Waals surface area contributed by atoms with Gasteiger partial charge in [0.05, 0.1) is 31.4 Å². The zero-order valence-electron chi connectivity index (χ0n) is 18.5. The van der Waals surface area contributed by atoms with Gasteiger partial charge in [-0.25, -0.2) is 5.06 Å². The predicted octanol–water partition coefficient (Wildman–Crippen LogP) is 4.64. The molecule has 6 nitrogen and oxygen atoms in total. The van der Waals surface area contributed by atoms with E-state index in [9.17, 15) is 9.59 Å². The molecule has 0 unspecified atom stereocenters. The molecule has 33 heavy (non-hydrogen) atoms. The van der Waals surface area contributed by atoms with Crippen molar-refractivity contribution >= 4 is 17.6 Å². The van der Waals surface area contributed by atoms with Gasteiger partial charge in [0.15, 0.2) is 5.41 Å². The lowest BCUT2D eigenvalue weighted by Gasteiger charge is -2.30. The summed E-state index contributed by atoms with van der Waals surface area (Å²) < 4.78 is 10.4. The van der Waals surface area contributed by atoms with E-state index in [-0.39, 0.29) is 6.42 Å². The van der Waals surface area contributed by atoms with Gasteiger partial charge in [0.2, 0.25) is 0 Å². The van der Waals surface area contributed by atoms with E-state index in [2.05, 4.69) is 0 Å². The molecule has 0 bridgehead atoms. The zero-order chi connectivity index (χ0) is 23.1. The van der Waals surface area contributed by atoms with Crippen LogP contribution in [0.1, 0.15) is 29.7 Å². The van der Waals surface area contributed by atoms with E-state index in [1.807, 2.05) is 96.1 Å². The largest absolute Gasteiger partial charge is 0.468 e. The second kappa shape index (κ2) is 8.05. The van der Waals surface area contributed by atoms with Crippen molar-refractivity contribution in [1.82, 2.24) is 0 Å². The van der Waals surface area contributed by atoms with Gasteiger partial charge in [0.1, 0.15) is 6.10 Å². The summed E-state index contributed by atoms with van der Waals surface area (Å²) in [5.41, 5.74) is 0.243. The summed E-state index contributed by atoms with van der Waals surface area (Å²) in [5, 5.41) is 1.83. The second-order valence-electron chi connectivity index (χ2n) is 8.48. The van der Waals surface area contributed by atoms with Gasteiger partial charge in [-0.05, 0) is 29.7 Å². The Kier molecular flexibility index (Phi) is 5.17. The molecular formula is C27H25NO5. The van der Waals surface area contributed by atoms with Crippen LogP contribution in [-0.4, -0.2) is 26.2 Å². The molecule has 2 fully saturated rings. The average Bonchev–Trinajstić information content (AvgIpc) is 3.45. The minimum atomic E-state index is -1.49. The van der Waals surface area contributed by atoms with Crippen LogP contribution in [0.3, 0.4) is 0 Å². The maximum atomic E-state index is 13.3. The van der Waals surface area contributed by atoms with E-state index in [0.29, 0.717) is 0 Å². The van der Waals surface area contributed by atoms with Crippen molar-refractivity contribution in [3.63, 3.8) is 0 Å². The van der Waals surface area contributed by atoms with Crippen LogP contribution in [-0.2, 0) is 23.9 Å². The molecule has 0 amide bonds. The first-order valence-corrected chi connectivity index (χ1v) is 10.9. The summed E-state index contributed by atoms with van der Waals surface area (Å²) >= 11 is 0. The SMILES string of the molecule is COC(=O)C1(C(=O)OC)C[C@]12[C@@H](c1ccccc1)ON(c1ccccc1)[C@H]2c1ccccc1. The highest BCUT2D eigenvalue weighted by Crippen LogP contribution is 2.80. The second-order valence-corrected chi connectivity index (χ2v) is 8.48. The van der Waals surface area contributed by atoms with Crippen LogP contribution in [0, 0.1) is 10.8 Å². The van der Waals surface area contributed by atoms with E-state index in [0.717, 1.165) is 16.8 Å². The molecule has 5 rings (SSSR count). The molecule has 1 aliphatic heterocycles. The smallest absolute Gasteiger partial charge is 0.324 e. The minimum Gasteiger partial charge on any atom is -0.468 e. The lowest BCUT2D eigenvalue weighted by atomic mass is 9.76. The number of hydroxylamine groups is 1. The van der Waals surface area contributed by atoms with Crippen LogP contribution >= 0.6 is 0 Å². The Morgan fingerprint density at radius 1 is 0.788 bits per heavy atom. The van der Waals surface area contributed by atoms with E-state index in [4.69, 9.17) is 14.3 Å². The Bertz CT molecular complexity index is 1130. The Morgan fingerprint density at radius 3 is 1.79 bits per heavy atom. The molecule has 0 N–H and O–H groups in total. The monoisotopic (exact) mass is 443 g/mol. The molecule has 3 aromatic carbocycles. The fourth-order valence-corrected chi connectivity index (χ4v) is 5.46. The van der Waals surface area contributed by atoms with Crippen molar-refractivity contribution in [3.8, 4) is 0 Å². The Morgan fingerprint density at radius 2 is 1.27 bits per heavy atom. The summed E-state index contributed by atoms with van der Waals surface area (Å²) in [5.74, 6) is -1.20. The van der Waals surface area contributed by atoms with Gasteiger partial charge in [0, 0.05) is 0 Å². The number of hydrogen-bond donors (Lipinski definition) is 0. The molecular weight excluding hydrogens is 418 g/mol. The Balaban J connectivity index is 1.77. The third-order valence-corrected chi connectivity index (χ3v) is 6.93. The predicted molar refractivity (Wildman–Crippen MR) is 122 cm³/mol. The molecule has 1 saturated heterocycles. The highest BCUT2D eigenvalue weighted by Gasteiger charge is 2.87. The van der Waals surface area contributed by atoms with Crippen molar-refractivity contribution in [2.75, 3.05) is 19.3 Å². The standard InChI is InChI=1S/C27H25NO5/c1-31-24(29)27(25(30)32-2)18-26(27)22(19-12-6-3-7-13-19)28(21-16-10-5-11-17-21)33-23(26)20-14-8-4-9-15-20/h3-17,22-23H,18H2,1-2H3/t22-,23+,26-/m0/s1. The highest BCUT2D eigenvalue weighted by molar-refractivity contribution is 6.05. The lowest BCUT2D eigenvalue weighted by molar-refractivity contribution is -0.164. The minimum absolute atomic E-state index is 0.252. The van der Waals surface area contributed by atoms with Crippen molar-refractivity contribution in [2.45, 2.75) is 18.6 Å². The number of nitrogens with zero attached hydrogens (tertiary/aromatic N) is 1. The van der Waals surface area contributed by atoms with Crippen molar-refractivity contribution in [3.05, 3.63) is 102 Å². The molecule has 2 aliphatic rings. The molecule has 1 spiro atoms. The molecule has 6 heteroatoms. The topological polar surface area (TPSA) is 65.1 Å². The maximum Gasteiger partial charge on any atom is 0.324 e. The number of hydrogen-bond acceptors (Lipinski definition) is 6. The quantitative estimate of drug-likeness (QED) is 0.423. The van der Waals surface area contributed by atoms with Crippen LogP contribution in [0.25, 0.3) is 0 Å². The van der Waals surface area contributed by atoms with Crippen LogP contribution in [0.15, 0.2) is 91.0 Å². The molecule has 1 heterocycles. The third kappa shape index (κ3) is 2.98. The number of ether oxygens (including phenoxy) is 2. The van der Waals surface area contributed by atoms with Gasteiger partial charge in [-0.15, -0.1) is 0 Å². The molecule has 3 atom stereocenters. The number of methoxy groups -OCH3 is 2. The Hall–Kier alpha value is -3.64. The molecule has 1 aliphatic carbocycles. The van der Waals surface area contributed by atoms with Crippen LogP contribution in [0.4, 0.5) is 5.69 Å². The van der Waals surface area contributed by atoms with Crippen molar-refractivity contribution in [2.24, 2.45) is 10.8 Å². The summed E-state index contributed by atoms with van der Waals surface area (Å²) in [6.07, 6.45) is -0.316. The van der Waals surface area contributed by atoms with E-state index < -0.39 is 34.9 Å². The first-order valence-electron chi connectivity index (χ1n) is 10.9. The fourth-order valence-electron chi connectivity index (χ4n) is 5.46. The van der Waals surface area contributed by atoms with Crippen LogP contribution < -0.4 is 5.06 Å². The van der Waals surface area contributed by atoms with E-state index in [1.54, 1.807) is 0 Å². The number of carbonyl (C=O) groups excluding carboxylic acids is 2. The first kappa shape index (κ1) is 21.2. The van der Waals surface area contributed by atoms with E-state index in [1.165, 1.54) is 14.2 Å². The van der Waals surface area contributed by atoms with Gasteiger partial charge >= 0.3 is 11.9 Å². The number of benzene rings is 3. The average molecular weight is 443 g/mol. The summed E-state index contributed by atoms with van der Waals surface area (Å²) in [6.45, 7) is 0. The highest BCUT2D eigenvalue weighted by atomic mass is 16.7. The van der Waals surface area contributed by atoms with Crippen molar-refractivity contribution in [1.29, 1.82) is 0 Å². The fraction of sp³-hybridized carbons (Fsp3) is 0.259. The summed E-state index contributed by atoms with van der Waals surface area (Å²) in [7, 11) is 2.61. The van der Waals surface area contributed by atoms with Gasteiger partial charge in [-0.3, -0.25) is 14.4 Å².